The van der Waals surface area contributed by atoms with Crippen LogP contribution in [0, 0.1) is 0 Å². The van der Waals surface area contributed by atoms with Crippen molar-refractivity contribution in [1.29, 1.82) is 0 Å². The van der Waals surface area contributed by atoms with E-state index in [0.29, 0.717) is 13.2 Å². The summed E-state index contributed by atoms with van der Waals surface area (Å²) in [6.45, 7) is 9.20. The van der Waals surface area contributed by atoms with Crippen LogP contribution in [0.2, 0.25) is 0 Å². The first-order valence-corrected chi connectivity index (χ1v) is 4.52. The van der Waals surface area contributed by atoms with Crippen LogP contribution < -0.4 is 5.73 Å². The molecule has 2 unspecified atom stereocenters. The van der Waals surface area contributed by atoms with Gasteiger partial charge in [-0.3, -0.25) is 0 Å². The second-order valence-corrected chi connectivity index (χ2v) is 3.35. The molecule has 0 aromatic rings. The molecule has 0 aromatic heterocycles. The van der Waals surface area contributed by atoms with E-state index in [4.69, 9.17) is 15.2 Å². The molecule has 0 aliphatic carbocycles. The highest BCUT2D eigenvalue weighted by Crippen LogP contribution is 1.95. The first-order chi connectivity index (χ1) is 5.54. The highest BCUT2D eigenvalue weighted by molar-refractivity contribution is 4.61. The largest absolute Gasteiger partial charge is 0.376 e. The third-order valence-corrected chi connectivity index (χ3v) is 1.66. The highest BCUT2D eigenvalue weighted by Gasteiger charge is 2.06. The third kappa shape index (κ3) is 6.58. The fourth-order valence-electron chi connectivity index (χ4n) is 0.670. The molecule has 0 amide bonds. The predicted molar refractivity (Wildman–Crippen MR) is 50.2 cm³/mol. The van der Waals surface area contributed by atoms with Crippen LogP contribution in [-0.2, 0) is 9.47 Å². The lowest BCUT2D eigenvalue weighted by Crippen LogP contribution is -2.32. The zero-order valence-corrected chi connectivity index (χ0v) is 8.54. The summed E-state index contributed by atoms with van der Waals surface area (Å²) in [5, 5.41) is 0. The van der Waals surface area contributed by atoms with Gasteiger partial charge in [0.15, 0.2) is 0 Å². The van der Waals surface area contributed by atoms with Crippen molar-refractivity contribution >= 4 is 0 Å². The predicted octanol–water partition coefficient (Wildman–Crippen LogP) is 1.16. The van der Waals surface area contributed by atoms with Crippen LogP contribution in [0.25, 0.3) is 0 Å². The highest BCUT2D eigenvalue weighted by atomic mass is 16.5. The summed E-state index contributed by atoms with van der Waals surface area (Å²) >= 11 is 0. The summed E-state index contributed by atoms with van der Waals surface area (Å²) in [5.41, 5.74) is 5.61. The first kappa shape index (κ1) is 11.9. The van der Waals surface area contributed by atoms with Gasteiger partial charge in [-0.25, -0.2) is 0 Å². The molecule has 0 saturated heterocycles. The normalized spacial score (nSPS) is 16.5. The average molecular weight is 175 g/mol. The van der Waals surface area contributed by atoms with E-state index in [0.717, 1.165) is 0 Å². The van der Waals surface area contributed by atoms with E-state index >= 15 is 0 Å². The molecule has 0 saturated carbocycles. The fraction of sp³-hybridized carbons (Fsp3) is 1.00. The molecule has 0 spiro atoms. The minimum Gasteiger partial charge on any atom is -0.376 e. The Hall–Kier alpha value is -0.120. The molecule has 0 fully saturated rings. The molecule has 3 heteroatoms. The number of ether oxygens (including phenoxy) is 2. The molecular weight excluding hydrogens is 154 g/mol. The van der Waals surface area contributed by atoms with Crippen molar-refractivity contribution in [3.63, 3.8) is 0 Å². The smallest absolute Gasteiger partial charge is 0.0705 e. The Morgan fingerprint density at radius 3 is 1.92 bits per heavy atom. The van der Waals surface area contributed by atoms with Gasteiger partial charge >= 0.3 is 0 Å². The minimum atomic E-state index is 0.0871. The summed E-state index contributed by atoms with van der Waals surface area (Å²) < 4.78 is 10.7. The van der Waals surface area contributed by atoms with E-state index < -0.39 is 0 Å². The quantitative estimate of drug-likeness (QED) is 0.616. The fourth-order valence-corrected chi connectivity index (χ4v) is 0.670. The van der Waals surface area contributed by atoms with Crippen LogP contribution in [0.4, 0.5) is 0 Å². The van der Waals surface area contributed by atoms with Gasteiger partial charge in [0.05, 0.1) is 25.4 Å². The molecule has 74 valence electrons. The number of nitrogens with two attached hydrogens (primary N) is 1. The van der Waals surface area contributed by atoms with Crippen LogP contribution in [0.5, 0.6) is 0 Å². The van der Waals surface area contributed by atoms with Crippen LogP contribution in [-0.4, -0.2) is 31.5 Å². The lowest BCUT2D eigenvalue weighted by atomic mass is 10.2. The first-order valence-electron chi connectivity index (χ1n) is 4.52. The van der Waals surface area contributed by atoms with E-state index in [1.807, 2.05) is 27.7 Å². The number of hydrogen-bond acceptors (Lipinski definition) is 3. The SMILES string of the molecule is CC(C)OCCOC(C)C(C)N. The maximum absolute atomic E-state index is 5.61. The van der Waals surface area contributed by atoms with Crippen LogP contribution in [0.1, 0.15) is 27.7 Å². The standard InChI is InChI=1S/C9H21NO2/c1-7(2)11-5-6-12-9(4)8(3)10/h7-9H,5-6,10H2,1-4H3. The summed E-state index contributed by atoms with van der Waals surface area (Å²) in [6, 6.07) is 0.0871. The van der Waals surface area contributed by atoms with E-state index in [1.54, 1.807) is 0 Å². The van der Waals surface area contributed by atoms with E-state index in [2.05, 4.69) is 0 Å². The van der Waals surface area contributed by atoms with Gasteiger partial charge in [0.2, 0.25) is 0 Å². The topological polar surface area (TPSA) is 44.5 Å². The second kappa shape index (κ2) is 6.40. The molecule has 2 N–H and O–H groups in total. The Morgan fingerprint density at radius 2 is 1.50 bits per heavy atom. The van der Waals surface area contributed by atoms with Crippen molar-refractivity contribution in [3.8, 4) is 0 Å². The summed E-state index contributed by atoms with van der Waals surface area (Å²) in [4.78, 5) is 0. The lowest BCUT2D eigenvalue weighted by molar-refractivity contribution is -0.0124. The van der Waals surface area contributed by atoms with Gasteiger partial charge in [-0.2, -0.15) is 0 Å². The van der Waals surface area contributed by atoms with Crippen LogP contribution in [0.15, 0.2) is 0 Å². The zero-order chi connectivity index (χ0) is 9.56. The molecule has 2 atom stereocenters. The monoisotopic (exact) mass is 175 g/mol. The summed E-state index contributed by atoms with van der Waals surface area (Å²) in [5.74, 6) is 0. The number of hydrogen-bond donors (Lipinski definition) is 1. The average Bonchev–Trinajstić information content (AvgIpc) is 1.97. The Morgan fingerprint density at radius 1 is 1.00 bits per heavy atom. The van der Waals surface area contributed by atoms with E-state index in [-0.39, 0.29) is 18.2 Å². The molecule has 0 aromatic carbocycles. The van der Waals surface area contributed by atoms with E-state index in [1.165, 1.54) is 0 Å². The zero-order valence-electron chi connectivity index (χ0n) is 8.54. The van der Waals surface area contributed by atoms with Crippen LogP contribution >= 0.6 is 0 Å². The molecule has 0 heterocycles. The second-order valence-electron chi connectivity index (χ2n) is 3.35. The third-order valence-electron chi connectivity index (χ3n) is 1.66. The van der Waals surface area contributed by atoms with Gasteiger partial charge in [0.1, 0.15) is 0 Å². The van der Waals surface area contributed by atoms with Gasteiger partial charge in [-0.05, 0) is 27.7 Å². The van der Waals surface area contributed by atoms with Crippen molar-refractivity contribution in [3.05, 3.63) is 0 Å². The van der Waals surface area contributed by atoms with Crippen molar-refractivity contribution in [2.24, 2.45) is 5.73 Å². The molecule has 0 bridgehead atoms. The molecule has 0 aliphatic rings. The van der Waals surface area contributed by atoms with Gasteiger partial charge in [-0.1, -0.05) is 0 Å². The van der Waals surface area contributed by atoms with Gasteiger partial charge < -0.3 is 15.2 Å². The Bertz CT molecular complexity index is 105. The van der Waals surface area contributed by atoms with Gasteiger partial charge in [-0.15, -0.1) is 0 Å². The van der Waals surface area contributed by atoms with Gasteiger partial charge in [0.25, 0.3) is 0 Å². The minimum absolute atomic E-state index is 0.0871. The summed E-state index contributed by atoms with van der Waals surface area (Å²) in [6.07, 6.45) is 0.389. The van der Waals surface area contributed by atoms with Gasteiger partial charge in [0, 0.05) is 6.04 Å². The van der Waals surface area contributed by atoms with Crippen molar-refractivity contribution in [1.82, 2.24) is 0 Å². The molecular formula is C9H21NO2. The maximum atomic E-state index is 5.61. The Kier molecular flexibility index (Phi) is 6.34. The Labute approximate surface area is 75.2 Å². The van der Waals surface area contributed by atoms with Crippen molar-refractivity contribution < 1.29 is 9.47 Å². The molecule has 0 aliphatic heterocycles. The van der Waals surface area contributed by atoms with Crippen molar-refractivity contribution in [2.45, 2.75) is 45.9 Å². The Balaban J connectivity index is 3.20. The lowest BCUT2D eigenvalue weighted by Gasteiger charge is -2.16. The molecule has 0 radical (unpaired) electrons. The molecule has 3 nitrogen and oxygen atoms in total. The van der Waals surface area contributed by atoms with Crippen molar-refractivity contribution in [2.75, 3.05) is 13.2 Å². The maximum Gasteiger partial charge on any atom is 0.0705 e. The number of rotatable bonds is 6. The molecule has 12 heavy (non-hydrogen) atoms. The molecule has 0 rings (SSSR count). The van der Waals surface area contributed by atoms with E-state index in [9.17, 15) is 0 Å². The summed E-state index contributed by atoms with van der Waals surface area (Å²) in [7, 11) is 0. The van der Waals surface area contributed by atoms with Crippen LogP contribution in [0.3, 0.4) is 0 Å².